The average Bonchev–Trinajstić information content (AvgIpc) is 4.06. The largest absolute Gasteiger partial charge is 0.461 e. The predicted octanol–water partition coefficient (Wildman–Crippen LogP) is 14.9. The molecule has 4 aliphatic rings. The van der Waals surface area contributed by atoms with E-state index in [4.69, 9.17) is 36.0 Å². The van der Waals surface area contributed by atoms with E-state index in [0.29, 0.717) is 55.0 Å². The van der Waals surface area contributed by atoms with Crippen LogP contribution in [0.2, 0.25) is 21.6 Å². The number of carbonyl (C=O) groups excluding carboxylic acids is 1. The summed E-state index contributed by atoms with van der Waals surface area (Å²) in [6, 6.07) is 22.4. The summed E-state index contributed by atoms with van der Waals surface area (Å²) < 4.78 is 96.4. The second-order valence-electron chi connectivity index (χ2n) is 23.4. The monoisotopic (exact) mass is 1090 g/mol. The number of amides is 1. The summed E-state index contributed by atoms with van der Waals surface area (Å²) in [5.74, 6) is -2.31. The predicted molar refractivity (Wildman–Crippen MR) is 299 cm³/mol. The molecule has 10 rings (SSSR count). The Morgan fingerprint density at radius 1 is 0.831 bits per heavy atom. The number of hydrogen-bond donors (Lipinski definition) is 0. The number of anilines is 1. The number of alkyl halides is 1. The van der Waals surface area contributed by atoms with Crippen LogP contribution in [-0.4, -0.2) is 102 Å². The molecule has 77 heavy (non-hydrogen) atoms. The van der Waals surface area contributed by atoms with Crippen LogP contribution in [0.5, 0.6) is 6.01 Å². The lowest BCUT2D eigenvalue weighted by atomic mass is 9.91. The van der Waals surface area contributed by atoms with Crippen LogP contribution in [0.3, 0.4) is 0 Å². The van der Waals surface area contributed by atoms with Crippen LogP contribution < -0.4 is 9.64 Å². The highest BCUT2D eigenvalue weighted by atomic mass is 35.5. The number of halogens is 6. The fourth-order valence-electron chi connectivity index (χ4n) is 13.2. The fraction of sp³-hybridized carbons (Fsp3) is 0.443. The first-order valence-electron chi connectivity index (χ1n) is 27.0. The third-order valence-electron chi connectivity index (χ3n) is 16.5. The van der Waals surface area contributed by atoms with Gasteiger partial charge in [0.15, 0.2) is 23.3 Å². The molecule has 4 aliphatic heterocycles. The smallest absolute Gasteiger partial charge is 0.410 e. The summed E-state index contributed by atoms with van der Waals surface area (Å²) in [4.78, 5) is 34.3. The Morgan fingerprint density at radius 2 is 1.45 bits per heavy atom. The summed E-state index contributed by atoms with van der Waals surface area (Å²) in [5.41, 5.74) is 3.47. The summed E-state index contributed by atoms with van der Waals surface area (Å²) in [7, 11) is -2.65. The molecule has 2 unspecified atom stereocenters. The Bertz CT molecular complexity index is 3290. The lowest BCUT2D eigenvalue weighted by molar-refractivity contribution is 0.0122. The van der Waals surface area contributed by atoms with Crippen molar-refractivity contribution in [2.75, 3.05) is 37.7 Å². The molecule has 0 saturated carbocycles. The minimum Gasteiger partial charge on any atom is -0.461 e. The molecule has 4 atom stereocenters. The van der Waals surface area contributed by atoms with Gasteiger partial charge in [0.2, 0.25) is 0 Å². The summed E-state index contributed by atoms with van der Waals surface area (Å²) in [5, 5.41) is -0.494. The Hall–Kier alpha value is -6.08. The highest BCUT2D eigenvalue weighted by molar-refractivity contribution is 6.90. The van der Waals surface area contributed by atoms with Crippen LogP contribution in [-0.2, 0) is 4.74 Å². The number of hydrogen-bond acceptors (Lipinski definition) is 8. The summed E-state index contributed by atoms with van der Waals surface area (Å²) in [6.07, 6.45) is 1.79. The molecule has 5 heterocycles. The van der Waals surface area contributed by atoms with E-state index in [2.05, 4.69) is 57.9 Å². The Morgan fingerprint density at radius 3 is 2.05 bits per heavy atom. The number of fused-ring (bicyclic) bond motifs is 5. The fourth-order valence-corrected chi connectivity index (χ4v) is 18.7. The number of benzene rings is 5. The van der Waals surface area contributed by atoms with Crippen molar-refractivity contribution in [2.24, 2.45) is 4.99 Å². The number of piperazine rings is 1. The molecule has 1 aromatic heterocycles. The SMILES string of the molecule is CC(C)[Si](C#Cc1c(F)c(F)c(F)c2cc(N=C(c3ccccc3)c3ccccc3)cc(-c3c(Cl)cc4c(N5CC6CCC(C5)N6C(=O)OC(C)(C)C)nc(OC[C@@]56CCCN5C[C@H](F)C6)nc4c3F)c12)(C(C)C)C(C)C. The standard InChI is InChI=1S/C61H66ClF5N6O3Si/c1-35(2)77(36(3)4,37(5)6)26-23-44-49-45(27-41(28-46(49)52(65)54(67)51(44)64)68-55(38-17-12-10-13-18-38)39-19-14-11-15-20-39)50-48(62)29-47-56(53(50)66)69-58(75-34-61-24-16-25-72(61)31-40(63)30-61)70-57(47)71-32-42-21-22-43(33-71)73(42)59(74)76-60(7,8)9/h10-15,17-20,27-29,35-37,40,42-43H,16,21-22,24-25,30-34H2,1-9H3/t40-,42?,43?,61+/m1/s1. The van der Waals surface area contributed by atoms with E-state index in [1.807, 2.05) is 86.3 Å². The van der Waals surface area contributed by atoms with E-state index in [1.54, 1.807) is 4.90 Å². The Kier molecular flexibility index (Phi) is 14.8. The molecular weight excluding hydrogens is 1020 g/mol. The second-order valence-corrected chi connectivity index (χ2v) is 29.4. The van der Waals surface area contributed by atoms with Gasteiger partial charge in [-0.2, -0.15) is 9.97 Å². The quantitative estimate of drug-likeness (QED) is 0.0420. The Balaban J connectivity index is 1.23. The van der Waals surface area contributed by atoms with Gasteiger partial charge in [0.1, 0.15) is 37.8 Å². The molecule has 4 saturated heterocycles. The van der Waals surface area contributed by atoms with Crippen molar-refractivity contribution in [1.82, 2.24) is 19.8 Å². The molecule has 16 heteroatoms. The van der Waals surface area contributed by atoms with Crippen molar-refractivity contribution < 1.29 is 36.2 Å². The molecule has 0 radical (unpaired) electrons. The molecular formula is C61H66ClF5N6O3Si. The number of aromatic nitrogens is 2. The number of ether oxygens (including phenoxy) is 2. The van der Waals surface area contributed by atoms with Gasteiger partial charge >= 0.3 is 12.1 Å². The molecule has 6 aromatic rings. The minimum atomic E-state index is -2.65. The zero-order chi connectivity index (χ0) is 54.9. The van der Waals surface area contributed by atoms with Crippen LogP contribution in [0.15, 0.2) is 83.9 Å². The summed E-state index contributed by atoms with van der Waals surface area (Å²) >= 11 is 7.42. The second kappa shape index (κ2) is 20.9. The van der Waals surface area contributed by atoms with Crippen LogP contribution in [0.1, 0.15) is 111 Å². The van der Waals surface area contributed by atoms with Crippen LogP contribution >= 0.6 is 11.6 Å². The topological polar surface area (TPSA) is 83.4 Å². The zero-order valence-electron chi connectivity index (χ0n) is 45.2. The van der Waals surface area contributed by atoms with Crippen molar-refractivity contribution in [3.63, 3.8) is 0 Å². The molecule has 1 amide bonds. The molecule has 9 nitrogen and oxygen atoms in total. The van der Waals surface area contributed by atoms with Crippen molar-refractivity contribution in [3.8, 4) is 28.6 Å². The first-order valence-corrected chi connectivity index (χ1v) is 29.6. The van der Waals surface area contributed by atoms with Crippen molar-refractivity contribution >= 4 is 64.7 Å². The number of rotatable bonds is 11. The van der Waals surface area contributed by atoms with E-state index in [0.717, 1.165) is 13.0 Å². The van der Waals surface area contributed by atoms with Gasteiger partial charge in [-0.25, -0.2) is 31.7 Å². The van der Waals surface area contributed by atoms with Gasteiger partial charge in [-0.05, 0) is 93.4 Å². The normalized spacial score (nSPS) is 20.6. The van der Waals surface area contributed by atoms with Crippen molar-refractivity contribution in [3.05, 3.63) is 124 Å². The van der Waals surface area contributed by atoms with Crippen molar-refractivity contribution in [1.29, 1.82) is 0 Å². The molecule has 5 aromatic carbocycles. The van der Waals surface area contributed by atoms with Gasteiger partial charge < -0.3 is 14.4 Å². The Labute approximate surface area is 454 Å². The van der Waals surface area contributed by atoms with Crippen LogP contribution in [0.25, 0.3) is 32.8 Å². The third-order valence-corrected chi connectivity index (χ3v) is 23.1. The highest BCUT2D eigenvalue weighted by Crippen LogP contribution is 2.48. The van der Waals surface area contributed by atoms with Gasteiger partial charge in [0.05, 0.1) is 39.6 Å². The number of nitrogens with zero attached hydrogens (tertiary/aromatic N) is 6. The maximum absolute atomic E-state index is 18.7. The zero-order valence-corrected chi connectivity index (χ0v) is 47.0. The molecule has 404 valence electrons. The van der Waals surface area contributed by atoms with E-state index >= 15 is 22.0 Å². The maximum Gasteiger partial charge on any atom is 0.410 e. The number of aliphatic imine (C=N–C) groups is 1. The van der Waals surface area contributed by atoms with Crippen LogP contribution in [0, 0.1) is 34.7 Å². The lowest BCUT2D eigenvalue weighted by Crippen LogP contribution is -2.57. The maximum atomic E-state index is 18.7. The highest BCUT2D eigenvalue weighted by Gasteiger charge is 2.50. The van der Waals surface area contributed by atoms with Gasteiger partial charge in [-0.15, -0.1) is 5.54 Å². The molecule has 0 N–H and O–H groups in total. The molecule has 4 fully saturated rings. The number of carbonyl (C=O) groups is 1. The van der Waals surface area contributed by atoms with E-state index in [9.17, 15) is 4.79 Å². The van der Waals surface area contributed by atoms with Gasteiger partial charge in [0.25, 0.3) is 0 Å². The molecule has 0 aliphatic carbocycles. The molecule has 0 spiro atoms. The van der Waals surface area contributed by atoms with Gasteiger partial charge in [-0.1, -0.05) is 120 Å². The van der Waals surface area contributed by atoms with E-state index in [-0.39, 0.29) is 97.8 Å². The van der Waals surface area contributed by atoms with Crippen LogP contribution in [0.4, 0.5) is 38.3 Å². The van der Waals surface area contributed by atoms with E-state index < -0.39 is 60.3 Å². The van der Waals surface area contributed by atoms with Gasteiger partial charge in [0, 0.05) is 58.9 Å². The van der Waals surface area contributed by atoms with E-state index in [1.165, 1.54) is 18.2 Å². The van der Waals surface area contributed by atoms with Crippen molar-refractivity contribution in [2.45, 2.75) is 140 Å². The lowest BCUT2D eigenvalue weighted by Gasteiger charge is -2.42. The first kappa shape index (κ1) is 54.3. The third kappa shape index (κ3) is 9.96. The summed E-state index contributed by atoms with van der Waals surface area (Å²) in [6.45, 7) is 19.7. The minimum absolute atomic E-state index is 0.0496. The molecule has 2 bridgehead atoms. The first-order chi connectivity index (χ1) is 36.6. The van der Waals surface area contributed by atoms with Gasteiger partial charge in [-0.3, -0.25) is 9.80 Å². The average molecular weight is 1090 g/mol.